The molecule has 4 nitrogen and oxygen atoms in total. The van der Waals surface area contributed by atoms with Crippen LogP contribution in [0, 0.1) is 0 Å². The van der Waals surface area contributed by atoms with Crippen molar-refractivity contribution in [3.63, 3.8) is 0 Å². The van der Waals surface area contributed by atoms with Crippen LogP contribution in [0.1, 0.15) is 38.2 Å². The van der Waals surface area contributed by atoms with Gasteiger partial charge in [-0.15, -0.1) is 0 Å². The zero-order valence-electron chi connectivity index (χ0n) is 12.0. The van der Waals surface area contributed by atoms with Crippen molar-refractivity contribution in [2.24, 2.45) is 0 Å². The highest BCUT2D eigenvalue weighted by Gasteiger charge is 2.43. The number of methoxy groups -OCH3 is 1. The fourth-order valence-electron chi connectivity index (χ4n) is 2.95. The fourth-order valence-corrected chi connectivity index (χ4v) is 2.95. The van der Waals surface area contributed by atoms with Crippen molar-refractivity contribution in [2.45, 2.75) is 44.1 Å². The molecular weight excluding hydrogens is 254 g/mol. The van der Waals surface area contributed by atoms with E-state index < -0.39 is 17.4 Å². The molecule has 1 aromatic rings. The van der Waals surface area contributed by atoms with Crippen molar-refractivity contribution in [1.29, 1.82) is 0 Å². The summed E-state index contributed by atoms with van der Waals surface area (Å²) in [6, 6.07) is 9.22. The molecule has 1 saturated carbocycles. The molecule has 1 fully saturated rings. The summed E-state index contributed by atoms with van der Waals surface area (Å²) in [6.07, 6.45) is 3.73. The Hall–Kier alpha value is -1.84. The molecule has 1 aliphatic rings. The minimum absolute atomic E-state index is 0.0703. The first-order valence-corrected chi connectivity index (χ1v) is 7.04. The highest BCUT2D eigenvalue weighted by Crippen LogP contribution is 2.41. The zero-order valence-corrected chi connectivity index (χ0v) is 12.0. The maximum Gasteiger partial charge on any atom is 0.328 e. The lowest BCUT2D eigenvalue weighted by molar-refractivity contribution is -0.145. The molecule has 0 spiro atoms. The van der Waals surface area contributed by atoms with E-state index in [4.69, 9.17) is 0 Å². The Balaban J connectivity index is 2.21. The Labute approximate surface area is 119 Å². The molecule has 1 atom stereocenters. The van der Waals surface area contributed by atoms with Crippen molar-refractivity contribution in [1.82, 2.24) is 5.32 Å². The van der Waals surface area contributed by atoms with E-state index >= 15 is 0 Å². The van der Waals surface area contributed by atoms with Gasteiger partial charge in [0.05, 0.1) is 12.5 Å². The van der Waals surface area contributed by atoms with Gasteiger partial charge in [0.1, 0.15) is 6.04 Å². The van der Waals surface area contributed by atoms with Gasteiger partial charge in [0.2, 0.25) is 5.91 Å². The van der Waals surface area contributed by atoms with Gasteiger partial charge >= 0.3 is 5.97 Å². The van der Waals surface area contributed by atoms with Gasteiger partial charge in [-0.25, -0.2) is 4.79 Å². The van der Waals surface area contributed by atoms with Gasteiger partial charge in [-0.2, -0.15) is 0 Å². The van der Waals surface area contributed by atoms with Gasteiger partial charge in [-0.05, 0) is 25.3 Å². The SMILES string of the molecule is COC(=O)C(C)NC(=O)C1(c2ccccc2)CCCC1. The Morgan fingerprint density at radius 2 is 1.80 bits per heavy atom. The van der Waals surface area contributed by atoms with Gasteiger partial charge in [-0.3, -0.25) is 4.79 Å². The van der Waals surface area contributed by atoms with E-state index in [-0.39, 0.29) is 5.91 Å². The Morgan fingerprint density at radius 3 is 2.35 bits per heavy atom. The number of ether oxygens (including phenoxy) is 1. The predicted octanol–water partition coefficient (Wildman–Crippen LogP) is 2.18. The molecule has 0 saturated heterocycles. The average molecular weight is 275 g/mol. The lowest BCUT2D eigenvalue weighted by Crippen LogP contribution is -2.48. The molecule has 0 radical (unpaired) electrons. The van der Waals surface area contributed by atoms with Crippen molar-refractivity contribution in [3.05, 3.63) is 35.9 Å². The molecule has 0 aliphatic heterocycles. The number of hydrogen-bond acceptors (Lipinski definition) is 3. The molecule has 4 heteroatoms. The molecule has 1 unspecified atom stereocenters. The Kier molecular flexibility index (Phi) is 4.42. The van der Waals surface area contributed by atoms with E-state index in [0.29, 0.717) is 0 Å². The van der Waals surface area contributed by atoms with Crippen molar-refractivity contribution in [2.75, 3.05) is 7.11 Å². The normalized spacial score (nSPS) is 18.3. The van der Waals surface area contributed by atoms with Crippen molar-refractivity contribution >= 4 is 11.9 Å². The maximum absolute atomic E-state index is 12.7. The molecule has 108 valence electrons. The number of amides is 1. The molecule has 1 N–H and O–H groups in total. The molecule has 0 heterocycles. The molecular formula is C16H21NO3. The summed E-state index contributed by atoms with van der Waals surface area (Å²) in [4.78, 5) is 24.1. The monoisotopic (exact) mass is 275 g/mol. The zero-order chi connectivity index (χ0) is 14.6. The van der Waals surface area contributed by atoms with Gasteiger partial charge < -0.3 is 10.1 Å². The highest BCUT2D eigenvalue weighted by atomic mass is 16.5. The summed E-state index contributed by atoms with van der Waals surface area (Å²) in [5, 5.41) is 2.80. The molecule has 1 amide bonds. The summed E-state index contributed by atoms with van der Waals surface area (Å²) in [7, 11) is 1.33. The van der Waals surface area contributed by atoms with Crippen LogP contribution in [0.15, 0.2) is 30.3 Å². The number of nitrogens with one attached hydrogen (secondary N) is 1. The number of hydrogen-bond donors (Lipinski definition) is 1. The van der Waals surface area contributed by atoms with Gasteiger partial charge in [0.25, 0.3) is 0 Å². The summed E-state index contributed by atoms with van der Waals surface area (Å²) < 4.78 is 4.66. The van der Waals surface area contributed by atoms with Crippen molar-refractivity contribution in [3.8, 4) is 0 Å². The van der Waals surface area contributed by atoms with Crippen LogP contribution in [0.2, 0.25) is 0 Å². The number of carbonyl (C=O) groups is 2. The second kappa shape index (κ2) is 6.07. The van der Waals surface area contributed by atoms with Crippen LogP contribution in [0.4, 0.5) is 0 Å². The molecule has 1 aromatic carbocycles. The number of esters is 1. The smallest absolute Gasteiger partial charge is 0.328 e. The standard InChI is InChI=1S/C16H21NO3/c1-12(14(18)20-2)17-15(19)16(10-6-7-11-16)13-8-4-3-5-9-13/h3-5,8-9,12H,6-7,10-11H2,1-2H3,(H,17,19). The van der Waals surface area contributed by atoms with Crippen LogP contribution in [-0.2, 0) is 19.7 Å². The first-order valence-electron chi connectivity index (χ1n) is 7.04. The Bertz CT molecular complexity index is 478. The van der Waals surface area contributed by atoms with Crippen LogP contribution in [0.25, 0.3) is 0 Å². The number of carbonyl (C=O) groups excluding carboxylic acids is 2. The lowest BCUT2D eigenvalue weighted by atomic mass is 9.78. The van der Waals surface area contributed by atoms with E-state index in [1.54, 1.807) is 6.92 Å². The second-order valence-corrected chi connectivity index (χ2v) is 5.37. The van der Waals surface area contributed by atoms with E-state index in [2.05, 4.69) is 10.1 Å². The number of rotatable bonds is 4. The number of benzene rings is 1. The lowest BCUT2D eigenvalue weighted by Gasteiger charge is -2.29. The largest absolute Gasteiger partial charge is 0.467 e. The molecule has 20 heavy (non-hydrogen) atoms. The van der Waals surface area contributed by atoms with Crippen LogP contribution < -0.4 is 5.32 Å². The predicted molar refractivity (Wildman–Crippen MR) is 76.2 cm³/mol. The van der Waals surface area contributed by atoms with E-state index in [0.717, 1.165) is 31.2 Å². The van der Waals surface area contributed by atoms with Crippen LogP contribution >= 0.6 is 0 Å². The summed E-state index contributed by atoms with van der Waals surface area (Å²) in [6.45, 7) is 1.65. The summed E-state index contributed by atoms with van der Waals surface area (Å²) >= 11 is 0. The summed E-state index contributed by atoms with van der Waals surface area (Å²) in [5.74, 6) is -0.487. The molecule has 2 rings (SSSR count). The third-order valence-corrected chi connectivity index (χ3v) is 4.12. The maximum atomic E-state index is 12.7. The minimum atomic E-state index is -0.617. The third-order valence-electron chi connectivity index (χ3n) is 4.12. The van der Waals surface area contributed by atoms with Gasteiger partial charge in [0.15, 0.2) is 0 Å². The summed E-state index contributed by atoms with van der Waals surface area (Å²) in [5.41, 5.74) is 0.538. The van der Waals surface area contributed by atoms with Crippen LogP contribution in [-0.4, -0.2) is 25.0 Å². The quantitative estimate of drug-likeness (QED) is 0.857. The van der Waals surface area contributed by atoms with Gasteiger partial charge in [0, 0.05) is 0 Å². The van der Waals surface area contributed by atoms with Crippen molar-refractivity contribution < 1.29 is 14.3 Å². The molecule has 0 aromatic heterocycles. The van der Waals surface area contributed by atoms with Crippen LogP contribution in [0.3, 0.4) is 0 Å². The molecule has 1 aliphatic carbocycles. The van der Waals surface area contributed by atoms with Crippen LogP contribution in [0.5, 0.6) is 0 Å². The Morgan fingerprint density at radius 1 is 1.20 bits per heavy atom. The molecule has 0 bridgehead atoms. The highest BCUT2D eigenvalue weighted by molar-refractivity contribution is 5.92. The second-order valence-electron chi connectivity index (χ2n) is 5.37. The average Bonchev–Trinajstić information content (AvgIpc) is 2.98. The first kappa shape index (κ1) is 14.6. The minimum Gasteiger partial charge on any atom is -0.467 e. The fraction of sp³-hybridized carbons (Fsp3) is 0.500. The van der Waals surface area contributed by atoms with E-state index in [9.17, 15) is 9.59 Å². The van der Waals surface area contributed by atoms with E-state index in [1.807, 2.05) is 30.3 Å². The van der Waals surface area contributed by atoms with Gasteiger partial charge in [-0.1, -0.05) is 43.2 Å². The third kappa shape index (κ3) is 2.69. The van der Waals surface area contributed by atoms with E-state index in [1.165, 1.54) is 7.11 Å². The topological polar surface area (TPSA) is 55.4 Å². The first-order chi connectivity index (χ1) is 9.60.